The zero-order chi connectivity index (χ0) is 31.9. The largest absolute Gasteiger partial charge is 0.311 e. The molecular weight excluding hydrogens is 601 g/mol. The van der Waals surface area contributed by atoms with E-state index in [2.05, 4.69) is 181 Å². The first-order chi connectivity index (χ1) is 23.8. The van der Waals surface area contributed by atoms with E-state index < -0.39 is 0 Å². The fourth-order valence-electron chi connectivity index (χ4n) is 6.77. The van der Waals surface area contributed by atoms with Gasteiger partial charge >= 0.3 is 0 Å². The Bertz CT molecular complexity index is 2530. The first-order valence-corrected chi connectivity index (χ1v) is 17.0. The van der Waals surface area contributed by atoms with Gasteiger partial charge in [0.1, 0.15) is 0 Å². The Labute approximate surface area is 283 Å². The van der Waals surface area contributed by atoms with E-state index in [0.717, 1.165) is 22.6 Å². The van der Waals surface area contributed by atoms with Gasteiger partial charge in [0.15, 0.2) is 0 Å². The number of benzene rings is 7. The summed E-state index contributed by atoms with van der Waals surface area (Å²) in [6, 6.07) is 63.1. The van der Waals surface area contributed by atoms with Crippen LogP contribution in [0.2, 0.25) is 0 Å². The number of hydrogen-bond acceptors (Lipinski definition) is 3. The van der Waals surface area contributed by atoms with Gasteiger partial charge in [-0.1, -0.05) is 127 Å². The summed E-state index contributed by atoms with van der Waals surface area (Å²) in [5.41, 5.74) is 11.6. The van der Waals surface area contributed by atoms with Crippen molar-refractivity contribution in [2.75, 3.05) is 4.90 Å². The molecule has 2 aromatic heterocycles. The Balaban J connectivity index is 1.12. The first kappa shape index (κ1) is 28.2. The summed E-state index contributed by atoms with van der Waals surface area (Å²) < 4.78 is 2.49. The molecule has 0 unspecified atom stereocenters. The lowest BCUT2D eigenvalue weighted by Crippen LogP contribution is -2.09. The van der Waals surface area contributed by atoms with Gasteiger partial charge in [-0.05, 0) is 87.1 Å². The van der Waals surface area contributed by atoms with Crippen LogP contribution >= 0.6 is 11.3 Å². The average Bonchev–Trinajstić information content (AvgIpc) is 3.55. The monoisotopic (exact) mass is 630 g/mol. The predicted molar refractivity (Wildman–Crippen MR) is 206 cm³/mol. The van der Waals surface area contributed by atoms with E-state index in [1.54, 1.807) is 0 Å². The zero-order valence-corrected chi connectivity index (χ0v) is 26.9. The van der Waals surface area contributed by atoms with E-state index in [-0.39, 0.29) is 0 Å². The summed E-state index contributed by atoms with van der Waals surface area (Å²) in [6.45, 7) is 0. The summed E-state index contributed by atoms with van der Waals surface area (Å²) in [4.78, 5) is 7.10. The molecule has 2 nitrogen and oxygen atoms in total. The van der Waals surface area contributed by atoms with Gasteiger partial charge in [0.05, 0.1) is 10.2 Å². The van der Waals surface area contributed by atoms with E-state index in [4.69, 9.17) is 4.98 Å². The minimum absolute atomic E-state index is 1.07. The molecule has 7 aromatic carbocycles. The normalized spacial score (nSPS) is 11.3. The summed E-state index contributed by atoms with van der Waals surface area (Å²) >= 11 is 1.81. The predicted octanol–water partition coefficient (Wildman–Crippen LogP) is 13.1. The van der Waals surface area contributed by atoms with Crippen LogP contribution in [0.5, 0.6) is 0 Å². The van der Waals surface area contributed by atoms with Gasteiger partial charge in [0.25, 0.3) is 0 Å². The van der Waals surface area contributed by atoms with Crippen LogP contribution < -0.4 is 4.90 Å². The molecule has 2 heterocycles. The second-order valence-electron chi connectivity index (χ2n) is 12.0. The Morgan fingerprint density at radius 2 is 0.938 bits per heavy atom. The third-order valence-electron chi connectivity index (χ3n) is 9.15. The first-order valence-electron chi connectivity index (χ1n) is 16.2. The summed E-state index contributed by atoms with van der Waals surface area (Å²) in [7, 11) is 0. The van der Waals surface area contributed by atoms with E-state index in [1.807, 2.05) is 17.5 Å². The second kappa shape index (κ2) is 12.0. The Morgan fingerprint density at radius 3 is 1.65 bits per heavy atom. The van der Waals surface area contributed by atoms with Gasteiger partial charge in [-0.3, -0.25) is 4.98 Å². The smallest absolute Gasteiger partial charge is 0.0894 e. The highest BCUT2D eigenvalue weighted by Crippen LogP contribution is 2.41. The molecule has 0 aliphatic carbocycles. The van der Waals surface area contributed by atoms with Crippen molar-refractivity contribution in [3.05, 3.63) is 182 Å². The van der Waals surface area contributed by atoms with Crippen molar-refractivity contribution in [2.24, 2.45) is 0 Å². The maximum Gasteiger partial charge on any atom is 0.0894 e. The molecule has 0 fully saturated rings. The Morgan fingerprint density at radius 1 is 0.396 bits per heavy atom. The van der Waals surface area contributed by atoms with Crippen LogP contribution in [0.3, 0.4) is 0 Å². The average molecular weight is 631 g/mol. The van der Waals surface area contributed by atoms with Gasteiger partial charge in [-0.15, -0.1) is 11.3 Å². The number of nitrogens with zero attached hydrogens (tertiary/aromatic N) is 2. The quantitative estimate of drug-likeness (QED) is 0.182. The van der Waals surface area contributed by atoms with E-state index in [0.29, 0.717) is 0 Å². The van der Waals surface area contributed by atoms with Crippen molar-refractivity contribution in [2.45, 2.75) is 0 Å². The highest BCUT2D eigenvalue weighted by atomic mass is 32.1. The molecule has 0 amide bonds. The van der Waals surface area contributed by atoms with Crippen molar-refractivity contribution in [1.29, 1.82) is 0 Å². The number of fused-ring (bicyclic) bond motifs is 4. The zero-order valence-electron chi connectivity index (χ0n) is 26.1. The molecule has 48 heavy (non-hydrogen) atoms. The molecule has 0 N–H and O–H groups in total. The van der Waals surface area contributed by atoms with Crippen LogP contribution in [-0.4, -0.2) is 4.98 Å². The molecule has 9 rings (SSSR count). The van der Waals surface area contributed by atoms with Crippen LogP contribution in [0, 0.1) is 0 Å². The maximum atomic E-state index is 4.76. The molecule has 0 aliphatic rings. The van der Waals surface area contributed by atoms with Crippen LogP contribution in [-0.2, 0) is 0 Å². The number of anilines is 3. The third kappa shape index (κ3) is 5.02. The lowest BCUT2D eigenvalue weighted by molar-refractivity contribution is 1.28. The Hall–Kier alpha value is -6.03. The fraction of sp³-hybridized carbons (Fsp3) is 0. The van der Waals surface area contributed by atoms with Crippen LogP contribution in [0.1, 0.15) is 0 Å². The van der Waals surface area contributed by atoms with Gasteiger partial charge in [-0.25, -0.2) is 0 Å². The molecule has 0 aliphatic heterocycles. The van der Waals surface area contributed by atoms with Crippen molar-refractivity contribution in [1.82, 2.24) is 4.98 Å². The standard InChI is InChI=1S/C45H30N2S/c1-2-9-31(10-3-1)32-17-23-36(24-18-32)47(37-25-19-34(20-26-37)40-15-8-12-33-11-4-5-13-39(33)40)38-27-21-35(22-28-38)41-29-30-46-44-42-14-6-7-16-43(42)48-45(41)44/h1-30H. The molecule has 3 heteroatoms. The van der Waals surface area contributed by atoms with Gasteiger partial charge in [0, 0.05) is 38.9 Å². The summed E-state index contributed by atoms with van der Waals surface area (Å²) in [5, 5.41) is 3.73. The maximum absolute atomic E-state index is 4.76. The highest BCUT2D eigenvalue weighted by Gasteiger charge is 2.16. The highest BCUT2D eigenvalue weighted by molar-refractivity contribution is 7.26. The molecular formula is C45H30N2S. The fourth-order valence-corrected chi connectivity index (χ4v) is 7.97. The lowest BCUT2D eigenvalue weighted by atomic mass is 9.98. The minimum Gasteiger partial charge on any atom is -0.311 e. The summed E-state index contributed by atoms with van der Waals surface area (Å²) in [6.07, 6.45) is 1.93. The van der Waals surface area contributed by atoms with Crippen LogP contribution in [0.25, 0.3) is 64.5 Å². The van der Waals surface area contributed by atoms with Gasteiger partial charge < -0.3 is 4.90 Å². The van der Waals surface area contributed by atoms with E-state index in [1.165, 1.54) is 58.9 Å². The SMILES string of the molecule is c1ccc(-c2ccc(N(c3ccc(-c4cccc5ccccc45)cc3)c3ccc(-c4ccnc5c4sc4ccccc45)cc3)cc2)cc1. The number of hydrogen-bond donors (Lipinski definition) is 0. The third-order valence-corrected chi connectivity index (χ3v) is 10.3. The molecule has 0 saturated heterocycles. The number of pyridine rings is 1. The van der Waals surface area contributed by atoms with E-state index in [9.17, 15) is 0 Å². The van der Waals surface area contributed by atoms with Crippen molar-refractivity contribution >= 4 is 59.5 Å². The van der Waals surface area contributed by atoms with Gasteiger partial charge in [0.2, 0.25) is 0 Å². The van der Waals surface area contributed by atoms with Gasteiger partial charge in [-0.2, -0.15) is 0 Å². The molecule has 0 radical (unpaired) electrons. The lowest BCUT2D eigenvalue weighted by Gasteiger charge is -2.26. The molecule has 9 aromatic rings. The molecule has 226 valence electrons. The number of rotatable bonds is 6. The molecule has 0 atom stereocenters. The Kier molecular flexibility index (Phi) is 7.03. The minimum atomic E-state index is 1.07. The van der Waals surface area contributed by atoms with Crippen LogP contribution in [0.4, 0.5) is 17.1 Å². The van der Waals surface area contributed by atoms with Crippen LogP contribution in [0.15, 0.2) is 182 Å². The van der Waals surface area contributed by atoms with Crippen molar-refractivity contribution in [3.63, 3.8) is 0 Å². The molecule has 0 spiro atoms. The van der Waals surface area contributed by atoms with E-state index >= 15 is 0 Å². The topological polar surface area (TPSA) is 16.1 Å². The summed E-state index contributed by atoms with van der Waals surface area (Å²) in [5.74, 6) is 0. The van der Waals surface area contributed by atoms with Crippen molar-refractivity contribution in [3.8, 4) is 33.4 Å². The van der Waals surface area contributed by atoms with Crippen molar-refractivity contribution < 1.29 is 0 Å². The number of thiophene rings is 1. The number of aromatic nitrogens is 1. The molecule has 0 bridgehead atoms. The molecule has 0 saturated carbocycles. The second-order valence-corrected chi connectivity index (χ2v) is 13.1.